The summed E-state index contributed by atoms with van der Waals surface area (Å²) in [5.74, 6) is 0.694. The van der Waals surface area contributed by atoms with Crippen molar-refractivity contribution in [2.45, 2.75) is 58.8 Å². The number of unbranched alkanes of at least 4 members (excludes halogenated alkanes) is 4. The van der Waals surface area contributed by atoms with Crippen LogP contribution in [0.25, 0.3) is 11.3 Å². The molecular formula is C28H34N2O2. The van der Waals surface area contributed by atoms with Crippen molar-refractivity contribution in [3.05, 3.63) is 78.0 Å². The topological polar surface area (TPSA) is 51.2 Å². The number of hydrogen-bond acceptors (Lipinski definition) is 3. The number of rotatable bonds is 12. The van der Waals surface area contributed by atoms with Gasteiger partial charge in [0.05, 0.1) is 12.3 Å². The molecule has 1 aromatic heterocycles. The minimum Gasteiger partial charge on any atom is -0.494 e. The van der Waals surface area contributed by atoms with E-state index in [-0.39, 0.29) is 5.91 Å². The Bertz CT molecular complexity index is 948. The summed E-state index contributed by atoms with van der Waals surface area (Å²) in [5, 5.41) is 2.94. The molecule has 0 aliphatic rings. The Morgan fingerprint density at radius 1 is 0.844 bits per heavy atom. The van der Waals surface area contributed by atoms with E-state index in [0.717, 1.165) is 42.1 Å². The third-order valence-electron chi connectivity index (χ3n) is 5.47. The lowest BCUT2D eigenvalue weighted by molar-refractivity contribution is 0.102. The Morgan fingerprint density at radius 3 is 2.22 bits per heavy atom. The highest BCUT2D eigenvalue weighted by atomic mass is 16.5. The van der Waals surface area contributed by atoms with Crippen LogP contribution in [0.4, 0.5) is 5.69 Å². The molecule has 168 valence electrons. The van der Waals surface area contributed by atoms with E-state index in [0.29, 0.717) is 5.56 Å². The zero-order chi connectivity index (χ0) is 22.6. The van der Waals surface area contributed by atoms with Crippen LogP contribution in [-0.2, 0) is 6.42 Å². The lowest BCUT2D eigenvalue weighted by Crippen LogP contribution is -2.11. The molecular weight excluding hydrogens is 396 g/mol. The second-order valence-corrected chi connectivity index (χ2v) is 8.12. The van der Waals surface area contributed by atoms with Crippen LogP contribution in [0.2, 0.25) is 0 Å². The summed E-state index contributed by atoms with van der Waals surface area (Å²) in [6.07, 6.45) is 10.1. The summed E-state index contributed by atoms with van der Waals surface area (Å²) >= 11 is 0. The van der Waals surface area contributed by atoms with E-state index >= 15 is 0 Å². The first-order valence-corrected chi connectivity index (χ1v) is 11.8. The number of benzene rings is 2. The van der Waals surface area contributed by atoms with E-state index in [1.54, 1.807) is 0 Å². The highest BCUT2D eigenvalue weighted by Gasteiger charge is 2.08. The molecule has 32 heavy (non-hydrogen) atoms. The van der Waals surface area contributed by atoms with Crippen molar-refractivity contribution in [3.63, 3.8) is 0 Å². The van der Waals surface area contributed by atoms with Crippen LogP contribution in [0, 0.1) is 0 Å². The molecule has 0 unspecified atom stereocenters. The van der Waals surface area contributed by atoms with Gasteiger partial charge in [0.25, 0.3) is 5.91 Å². The molecule has 0 aliphatic carbocycles. The number of aryl methyl sites for hydroxylation is 1. The lowest BCUT2D eigenvalue weighted by atomic mass is 10.1. The number of amides is 1. The number of aromatic nitrogens is 1. The predicted molar refractivity (Wildman–Crippen MR) is 132 cm³/mol. The Hall–Kier alpha value is -3.14. The average molecular weight is 431 g/mol. The number of carbonyl (C=O) groups excluding carboxylic acids is 1. The summed E-state index contributed by atoms with van der Waals surface area (Å²) in [6, 6.07) is 19.3. The van der Waals surface area contributed by atoms with Crippen molar-refractivity contribution in [2.24, 2.45) is 0 Å². The molecule has 1 N–H and O–H groups in total. The standard InChI is InChI=1S/C28H34N2O2/c1-3-5-7-9-22-10-19-27(29-21-22)23-11-13-24(14-12-23)28(31)30-25-15-17-26(18-16-25)32-20-8-6-4-2/h10-19,21H,3-9,20H2,1-2H3,(H,30,31). The Balaban J connectivity index is 1.53. The van der Waals surface area contributed by atoms with E-state index in [1.165, 1.54) is 37.7 Å². The third-order valence-corrected chi connectivity index (χ3v) is 5.47. The molecule has 0 saturated heterocycles. The van der Waals surface area contributed by atoms with Crippen LogP contribution in [0.5, 0.6) is 5.75 Å². The summed E-state index contributed by atoms with van der Waals surface area (Å²) in [4.78, 5) is 17.2. The summed E-state index contributed by atoms with van der Waals surface area (Å²) in [7, 11) is 0. The van der Waals surface area contributed by atoms with Gasteiger partial charge in [0.15, 0.2) is 0 Å². The smallest absolute Gasteiger partial charge is 0.255 e. The first kappa shape index (κ1) is 23.5. The van der Waals surface area contributed by atoms with Gasteiger partial charge in [0.1, 0.15) is 5.75 Å². The molecule has 0 bridgehead atoms. The molecule has 3 rings (SSSR count). The first-order valence-electron chi connectivity index (χ1n) is 11.8. The molecule has 3 aromatic rings. The van der Waals surface area contributed by atoms with Crippen molar-refractivity contribution >= 4 is 11.6 Å². The van der Waals surface area contributed by atoms with Gasteiger partial charge in [-0.1, -0.05) is 57.7 Å². The fraction of sp³-hybridized carbons (Fsp3) is 0.357. The van der Waals surface area contributed by atoms with Gasteiger partial charge in [0.2, 0.25) is 0 Å². The van der Waals surface area contributed by atoms with Gasteiger partial charge in [-0.3, -0.25) is 9.78 Å². The highest BCUT2D eigenvalue weighted by molar-refractivity contribution is 6.04. The Morgan fingerprint density at radius 2 is 1.56 bits per heavy atom. The predicted octanol–water partition coefficient (Wildman–Crippen LogP) is 7.30. The molecule has 2 aromatic carbocycles. The van der Waals surface area contributed by atoms with E-state index in [4.69, 9.17) is 4.74 Å². The highest BCUT2D eigenvalue weighted by Crippen LogP contribution is 2.20. The van der Waals surface area contributed by atoms with Gasteiger partial charge < -0.3 is 10.1 Å². The zero-order valence-corrected chi connectivity index (χ0v) is 19.3. The molecule has 0 fully saturated rings. The number of ether oxygens (including phenoxy) is 1. The van der Waals surface area contributed by atoms with Crippen molar-refractivity contribution < 1.29 is 9.53 Å². The zero-order valence-electron chi connectivity index (χ0n) is 19.3. The fourth-order valence-electron chi connectivity index (χ4n) is 3.49. The second kappa shape index (κ2) is 12.7. The molecule has 0 radical (unpaired) electrons. The monoisotopic (exact) mass is 430 g/mol. The van der Waals surface area contributed by atoms with Crippen LogP contribution in [0.1, 0.15) is 68.3 Å². The van der Waals surface area contributed by atoms with E-state index in [1.807, 2.05) is 54.7 Å². The van der Waals surface area contributed by atoms with Gasteiger partial charge >= 0.3 is 0 Å². The number of carbonyl (C=O) groups is 1. The van der Waals surface area contributed by atoms with Crippen LogP contribution in [0.15, 0.2) is 66.9 Å². The van der Waals surface area contributed by atoms with Crippen molar-refractivity contribution in [3.8, 4) is 17.0 Å². The van der Waals surface area contributed by atoms with Crippen LogP contribution >= 0.6 is 0 Å². The molecule has 0 aliphatic heterocycles. The summed E-state index contributed by atoms with van der Waals surface area (Å²) < 4.78 is 5.72. The van der Waals surface area contributed by atoms with Gasteiger partial charge in [-0.25, -0.2) is 0 Å². The first-order chi connectivity index (χ1) is 15.7. The van der Waals surface area contributed by atoms with Gasteiger partial charge in [0, 0.05) is 23.0 Å². The van der Waals surface area contributed by atoms with Crippen molar-refractivity contribution in [2.75, 3.05) is 11.9 Å². The number of hydrogen-bond donors (Lipinski definition) is 1. The molecule has 4 nitrogen and oxygen atoms in total. The van der Waals surface area contributed by atoms with Crippen LogP contribution < -0.4 is 10.1 Å². The summed E-state index contributed by atoms with van der Waals surface area (Å²) in [5.41, 5.74) is 4.57. The largest absolute Gasteiger partial charge is 0.494 e. The maximum Gasteiger partial charge on any atom is 0.255 e. The van der Waals surface area contributed by atoms with Crippen LogP contribution in [-0.4, -0.2) is 17.5 Å². The van der Waals surface area contributed by atoms with E-state index < -0.39 is 0 Å². The maximum absolute atomic E-state index is 12.6. The number of nitrogens with zero attached hydrogens (tertiary/aromatic N) is 1. The molecule has 4 heteroatoms. The van der Waals surface area contributed by atoms with Crippen LogP contribution in [0.3, 0.4) is 0 Å². The summed E-state index contributed by atoms with van der Waals surface area (Å²) in [6.45, 7) is 5.11. The quantitative estimate of drug-likeness (QED) is 0.307. The lowest BCUT2D eigenvalue weighted by Gasteiger charge is -2.09. The Kier molecular flexibility index (Phi) is 9.30. The second-order valence-electron chi connectivity index (χ2n) is 8.12. The molecule has 1 heterocycles. The average Bonchev–Trinajstić information content (AvgIpc) is 2.83. The van der Waals surface area contributed by atoms with Crippen molar-refractivity contribution in [1.29, 1.82) is 0 Å². The van der Waals surface area contributed by atoms with E-state index in [9.17, 15) is 4.79 Å². The van der Waals surface area contributed by atoms with Gasteiger partial charge in [-0.15, -0.1) is 0 Å². The number of pyridine rings is 1. The minimum absolute atomic E-state index is 0.132. The van der Waals surface area contributed by atoms with Gasteiger partial charge in [-0.2, -0.15) is 0 Å². The van der Waals surface area contributed by atoms with E-state index in [2.05, 4.69) is 36.3 Å². The maximum atomic E-state index is 12.6. The minimum atomic E-state index is -0.132. The number of nitrogens with one attached hydrogen (secondary N) is 1. The SMILES string of the molecule is CCCCCOc1ccc(NC(=O)c2ccc(-c3ccc(CCCCC)cn3)cc2)cc1. The fourth-order valence-corrected chi connectivity index (χ4v) is 3.49. The number of anilines is 1. The molecule has 1 amide bonds. The Labute approximate surface area is 192 Å². The van der Waals surface area contributed by atoms with Gasteiger partial charge in [-0.05, 0) is 67.3 Å². The molecule has 0 spiro atoms. The third kappa shape index (κ3) is 7.23. The molecule has 0 atom stereocenters. The van der Waals surface area contributed by atoms with Crippen molar-refractivity contribution in [1.82, 2.24) is 4.98 Å². The molecule has 0 saturated carbocycles. The normalized spacial score (nSPS) is 10.7.